The molecule has 0 saturated carbocycles. The molecular formula is C14H17N3O. The molecule has 0 unspecified atom stereocenters. The Hall–Kier alpha value is -2.10. The number of anilines is 1. The van der Waals surface area contributed by atoms with Crippen LogP contribution in [0, 0.1) is 6.92 Å². The van der Waals surface area contributed by atoms with Gasteiger partial charge < -0.3 is 9.64 Å². The largest absolute Gasteiger partial charge is 0.485 e. The second-order valence-corrected chi connectivity index (χ2v) is 4.29. The van der Waals surface area contributed by atoms with E-state index >= 15 is 0 Å². The minimum Gasteiger partial charge on any atom is -0.485 e. The van der Waals surface area contributed by atoms with Crippen LogP contribution in [-0.2, 0) is 6.61 Å². The smallest absolute Gasteiger partial charge is 0.225 e. The molecule has 4 nitrogen and oxygen atoms in total. The predicted octanol–water partition coefficient (Wildman–Crippen LogP) is 2.43. The molecule has 0 bridgehead atoms. The first kappa shape index (κ1) is 12.4. The highest BCUT2D eigenvalue weighted by atomic mass is 16.5. The molecule has 0 aliphatic heterocycles. The van der Waals surface area contributed by atoms with Crippen LogP contribution in [0.15, 0.2) is 36.5 Å². The number of aromatic nitrogens is 2. The van der Waals surface area contributed by atoms with Crippen molar-refractivity contribution in [1.82, 2.24) is 9.97 Å². The molecule has 2 aromatic rings. The molecule has 0 fully saturated rings. The van der Waals surface area contributed by atoms with Crippen molar-refractivity contribution >= 4 is 5.95 Å². The van der Waals surface area contributed by atoms with E-state index in [1.165, 1.54) is 0 Å². The molecule has 0 saturated heterocycles. The van der Waals surface area contributed by atoms with Gasteiger partial charge in [0.05, 0.1) is 11.9 Å². The predicted molar refractivity (Wildman–Crippen MR) is 71.9 cm³/mol. The Kier molecular flexibility index (Phi) is 3.77. The summed E-state index contributed by atoms with van der Waals surface area (Å²) in [4.78, 5) is 10.5. The molecule has 94 valence electrons. The van der Waals surface area contributed by atoms with Gasteiger partial charge in [-0.15, -0.1) is 0 Å². The number of benzene rings is 1. The van der Waals surface area contributed by atoms with Crippen LogP contribution in [0.25, 0.3) is 0 Å². The van der Waals surface area contributed by atoms with E-state index in [0.717, 1.165) is 17.0 Å². The minimum absolute atomic E-state index is 0.534. The van der Waals surface area contributed by atoms with E-state index < -0.39 is 0 Å². The van der Waals surface area contributed by atoms with Crippen molar-refractivity contribution in [3.8, 4) is 5.75 Å². The lowest BCUT2D eigenvalue weighted by atomic mass is 10.2. The number of hydrogen-bond acceptors (Lipinski definition) is 4. The summed E-state index contributed by atoms with van der Waals surface area (Å²) < 4.78 is 5.71. The number of ether oxygens (including phenoxy) is 1. The first-order valence-corrected chi connectivity index (χ1v) is 5.84. The van der Waals surface area contributed by atoms with Crippen LogP contribution in [0.2, 0.25) is 0 Å². The summed E-state index contributed by atoms with van der Waals surface area (Å²) in [6.45, 7) is 2.46. The minimum atomic E-state index is 0.534. The molecule has 0 radical (unpaired) electrons. The second kappa shape index (κ2) is 5.49. The van der Waals surface area contributed by atoms with E-state index in [0.29, 0.717) is 12.6 Å². The van der Waals surface area contributed by atoms with E-state index in [4.69, 9.17) is 4.74 Å². The molecule has 1 aromatic carbocycles. The van der Waals surface area contributed by atoms with Crippen LogP contribution in [0.1, 0.15) is 11.3 Å². The van der Waals surface area contributed by atoms with Gasteiger partial charge in [-0.1, -0.05) is 30.3 Å². The van der Waals surface area contributed by atoms with Gasteiger partial charge in [0.25, 0.3) is 0 Å². The molecule has 4 heteroatoms. The number of aryl methyl sites for hydroxylation is 1. The molecule has 0 amide bonds. The van der Waals surface area contributed by atoms with Gasteiger partial charge in [0.15, 0.2) is 5.75 Å². The Morgan fingerprint density at radius 3 is 2.50 bits per heavy atom. The number of nitrogens with zero attached hydrogens (tertiary/aromatic N) is 3. The van der Waals surface area contributed by atoms with Crippen molar-refractivity contribution in [2.45, 2.75) is 13.5 Å². The molecular weight excluding hydrogens is 226 g/mol. The van der Waals surface area contributed by atoms with Crippen molar-refractivity contribution in [1.29, 1.82) is 0 Å². The maximum absolute atomic E-state index is 5.71. The summed E-state index contributed by atoms with van der Waals surface area (Å²) in [6.07, 6.45) is 1.72. The summed E-state index contributed by atoms with van der Waals surface area (Å²) >= 11 is 0. The molecule has 0 aliphatic carbocycles. The van der Waals surface area contributed by atoms with Gasteiger partial charge in [-0.05, 0) is 12.5 Å². The zero-order valence-electron chi connectivity index (χ0n) is 10.9. The standard InChI is InChI=1S/C14H17N3O/c1-11-13(9-15-14(16-11)17(2)3)18-10-12-7-5-4-6-8-12/h4-9H,10H2,1-3H3. The average Bonchev–Trinajstić information content (AvgIpc) is 2.38. The molecule has 0 N–H and O–H groups in total. The fraction of sp³-hybridized carbons (Fsp3) is 0.286. The lowest BCUT2D eigenvalue weighted by Gasteiger charge is -2.13. The van der Waals surface area contributed by atoms with Crippen molar-refractivity contribution in [2.24, 2.45) is 0 Å². The van der Waals surface area contributed by atoms with Crippen molar-refractivity contribution in [3.05, 3.63) is 47.8 Å². The monoisotopic (exact) mass is 243 g/mol. The van der Waals surface area contributed by atoms with Gasteiger partial charge in [-0.3, -0.25) is 0 Å². The van der Waals surface area contributed by atoms with Crippen LogP contribution in [0.3, 0.4) is 0 Å². The number of hydrogen-bond donors (Lipinski definition) is 0. The molecule has 1 heterocycles. The highest BCUT2D eigenvalue weighted by Crippen LogP contribution is 2.17. The third-order valence-electron chi connectivity index (χ3n) is 2.56. The summed E-state index contributed by atoms with van der Waals surface area (Å²) in [6, 6.07) is 10.0. The topological polar surface area (TPSA) is 38.2 Å². The summed E-state index contributed by atoms with van der Waals surface area (Å²) in [7, 11) is 3.83. The fourth-order valence-electron chi connectivity index (χ4n) is 1.54. The highest BCUT2D eigenvalue weighted by Gasteiger charge is 2.05. The SMILES string of the molecule is Cc1nc(N(C)C)ncc1OCc1ccccc1. The quantitative estimate of drug-likeness (QED) is 0.826. The van der Waals surface area contributed by atoms with Crippen molar-refractivity contribution in [3.63, 3.8) is 0 Å². The third-order valence-corrected chi connectivity index (χ3v) is 2.56. The molecule has 18 heavy (non-hydrogen) atoms. The van der Waals surface area contributed by atoms with E-state index in [-0.39, 0.29) is 0 Å². The van der Waals surface area contributed by atoms with Crippen LogP contribution in [0.5, 0.6) is 5.75 Å². The van der Waals surface area contributed by atoms with Crippen molar-refractivity contribution in [2.75, 3.05) is 19.0 Å². The van der Waals surface area contributed by atoms with Crippen molar-refractivity contribution < 1.29 is 4.74 Å². The summed E-state index contributed by atoms with van der Waals surface area (Å²) in [5.74, 6) is 1.42. The Balaban J connectivity index is 2.06. The van der Waals surface area contributed by atoms with E-state index in [1.54, 1.807) is 6.20 Å². The lowest BCUT2D eigenvalue weighted by molar-refractivity contribution is 0.301. The lowest BCUT2D eigenvalue weighted by Crippen LogP contribution is -2.13. The van der Waals surface area contributed by atoms with Gasteiger partial charge in [-0.2, -0.15) is 0 Å². The van der Waals surface area contributed by atoms with E-state index in [1.807, 2.05) is 56.3 Å². The Morgan fingerprint density at radius 1 is 1.17 bits per heavy atom. The van der Waals surface area contributed by atoms with Crippen LogP contribution in [0.4, 0.5) is 5.95 Å². The Morgan fingerprint density at radius 2 is 1.89 bits per heavy atom. The van der Waals surface area contributed by atoms with Gasteiger partial charge in [-0.25, -0.2) is 9.97 Å². The molecule has 2 rings (SSSR count). The molecule has 1 aromatic heterocycles. The van der Waals surface area contributed by atoms with Gasteiger partial charge >= 0.3 is 0 Å². The molecule has 0 atom stereocenters. The first-order valence-electron chi connectivity index (χ1n) is 5.84. The zero-order chi connectivity index (χ0) is 13.0. The van der Waals surface area contributed by atoms with Gasteiger partial charge in [0, 0.05) is 14.1 Å². The normalized spacial score (nSPS) is 10.2. The number of rotatable bonds is 4. The average molecular weight is 243 g/mol. The second-order valence-electron chi connectivity index (χ2n) is 4.29. The maximum Gasteiger partial charge on any atom is 0.225 e. The fourth-order valence-corrected chi connectivity index (χ4v) is 1.54. The Bertz CT molecular complexity index is 512. The van der Waals surface area contributed by atoms with Crippen LogP contribution in [-0.4, -0.2) is 24.1 Å². The highest BCUT2D eigenvalue weighted by molar-refractivity contribution is 5.34. The molecule has 0 spiro atoms. The van der Waals surface area contributed by atoms with E-state index in [9.17, 15) is 0 Å². The summed E-state index contributed by atoms with van der Waals surface area (Å²) in [5, 5.41) is 0. The zero-order valence-corrected chi connectivity index (χ0v) is 10.9. The molecule has 0 aliphatic rings. The van der Waals surface area contributed by atoms with Gasteiger partial charge in [0.2, 0.25) is 5.95 Å². The van der Waals surface area contributed by atoms with Crippen LogP contribution < -0.4 is 9.64 Å². The van der Waals surface area contributed by atoms with Gasteiger partial charge in [0.1, 0.15) is 6.61 Å². The third kappa shape index (κ3) is 2.97. The maximum atomic E-state index is 5.71. The Labute approximate surface area is 107 Å². The first-order chi connectivity index (χ1) is 8.66. The van der Waals surface area contributed by atoms with E-state index in [2.05, 4.69) is 9.97 Å². The van der Waals surface area contributed by atoms with Crippen LogP contribution >= 0.6 is 0 Å². The summed E-state index contributed by atoms with van der Waals surface area (Å²) in [5.41, 5.74) is 1.98.